The smallest absolute Gasteiger partial charge is 0.161 e. The van der Waals surface area contributed by atoms with Crippen molar-refractivity contribution in [2.45, 2.75) is 6.92 Å². The predicted molar refractivity (Wildman–Crippen MR) is 67.5 cm³/mol. The van der Waals surface area contributed by atoms with E-state index < -0.39 is 0 Å². The van der Waals surface area contributed by atoms with Gasteiger partial charge >= 0.3 is 0 Å². The predicted octanol–water partition coefficient (Wildman–Crippen LogP) is 2.09. The van der Waals surface area contributed by atoms with E-state index in [1.807, 2.05) is 31.2 Å². The van der Waals surface area contributed by atoms with Gasteiger partial charge in [0.15, 0.2) is 16.7 Å². The Kier molecular flexibility index (Phi) is 5.56. The second-order valence-corrected chi connectivity index (χ2v) is 4.08. The number of benzene rings is 1. The van der Waals surface area contributed by atoms with Crippen LogP contribution < -0.4 is 15.2 Å². The highest BCUT2D eigenvalue weighted by Crippen LogP contribution is 2.26. The molecule has 0 aliphatic rings. The van der Waals surface area contributed by atoms with Gasteiger partial charge in [0.05, 0.1) is 13.2 Å². The van der Waals surface area contributed by atoms with E-state index in [0.29, 0.717) is 19.0 Å². The van der Waals surface area contributed by atoms with Crippen LogP contribution in [0.2, 0.25) is 0 Å². The quantitative estimate of drug-likeness (QED) is 0.454. The van der Waals surface area contributed by atoms with E-state index in [1.54, 1.807) is 0 Å². The minimum Gasteiger partial charge on any atom is -0.490 e. The van der Waals surface area contributed by atoms with Gasteiger partial charge in [0, 0.05) is 5.75 Å². The van der Waals surface area contributed by atoms with E-state index in [2.05, 4.69) is 0 Å². The molecule has 0 atom stereocenters. The number of rotatable bonds is 6. The molecule has 1 aromatic carbocycles. The fourth-order valence-corrected chi connectivity index (χ4v) is 1.53. The first-order chi connectivity index (χ1) is 7.74. The lowest BCUT2D eigenvalue weighted by Crippen LogP contribution is -2.09. The van der Waals surface area contributed by atoms with Gasteiger partial charge in [0.1, 0.15) is 0 Å². The van der Waals surface area contributed by atoms with E-state index in [9.17, 15) is 0 Å². The maximum absolute atomic E-state index is 7.05. The number of amidine groups is 1. The third kappa shape index (κ3) is 4.44. The molecule has 3 N–H and O–H groups in total. The molecular formula is C11H16N2O2S. The van der Waals surface area contributed by atoms with Crippen LogP contribution in [0.3, 0.4) is 0 Å². The molecule has 0 amide bonds. The molecule has 0 unspecified atom stereocenters. The van der Waals surface area contributed by atoms with Crippen LogP contribution in [0.25, 0.3) is 0 Å². The molecule has 1 rings (SSSR count). The molecule has 0 aromatic heterocycles. The number of thioether (sulfide) groups is 1. The van der Waals surface area contributed by atoms with Crippen LogP contribution in [-0.4, -0.2) is 24.1 Å². The molecule has 0 aliphatic carbocycles. The number of hydrogen-bond donors (Lipinski definition) is 2. The molecule has 0 radical (unpaired) electrons. The van der Waals surface area contributed by atoms with Crippen molar-refractivity contribution in [1.82, 2.24) is 0 Å². The average Bonchev–Trinajstić information content (AvgIpc) is 2.26. The topological polar surface area (TPSA) is 68.3 Å². The summed E-state index contributed by atoms with van der Waals surface area (Å²) in [5, 5.41) is 7.16. The zero-order valence-electron chi connectivity index (χ0n) is 9.23. The number of nitrogens with one attached hydrogen (secondary N) is 1. The highest BCUT2D eigenvalue weighted by atomic mass is 32.2. The normalized spacial score (nSPS) is 9.81. The van der Waals surface area contributed by atoms with Crippen LogP contribution in [0, 0.1) is 5.41 Å². The maximum Gasteiger partial charge on any atom is 0.161 e. The van der Waals surface area contributed by atoms with Gasteiger partial charge in [-0.15, -0.1) is 0 Å². The van der Waals surface area contributed by atoms with Gasteiger partial charge in [-0.1, -0.05) is 23.9 Å². The Bertz CT molecular complexity index is 345. The fraction of sp³-hybridized carbons (Fsp3) is 0.364. The summed E-state index contributed by atoms with van der Waals surface area (Å²) in [7, 11) is 0. The molecule has 0 heterocycles. The Morgan fingerprint density at radius 1 is 1.31 bits per heavy atom. The van der Waals surface area contributed by atoms with E-state index in [4.69, 9.17) is 20.6 Å². The zero-order valence-corrected chi connectivity index (χ0v) is 10.0. The largest absolute Gasteiger partial charge is 0.490 e. The Hall–Kier alpha value is -1.36. The zero-order chi connectivity index (χ0) is 11.8. The number of nitrogens with two attached hydrogens (primary N) is 1. The maximum atomic E-state index is 7.05. The SMILES string of the molecule is CCOc1ccccc1OCCSC(=N)N. The molecule has 0 saturated heterocycles. The number of ether oxygens (including phenoxy) is 2. The van der Waals surface area contributed by atoms with E-state index in [1.165, 1.54) is 11.8 Å². The minimum absolute atomic E-state index is 0.113. The van der Waals surface area contributed by atoms with Crippen LogP contribution in [0.4, 0.5) is 0 Å². The second-order valence-electron chi connectivity index (χ2n) is 2.94. The first-order valence-electron chi connectivity index (χ1n) is 5.05. The monoisotopic (exact) mass is 240 g/mol. The highest BCUT2D eigenvalue weighted by molar-refractivity contribution is 8.13. The standard InChI is InChI=1S/C11H16N2O2S/c1-2-14-9-5-3-4-6-10(9)15-7-8-16-11(12)13/h3-6H,2,7-8H2,1H3,(H3,12,13). The van der Waals surface area contributed by atoms with Crippen LogP contribution >= 0.6 is 11.8 Å². The fourth-order valence-electron chi connectivity index (χ4n) is 1.15. The lowest BCUT2D eigenvalue weighted by molar-refractivity contribution is 0.289. The van der Waals surface area contributed by atoms with Crippen LogP contribution in [-0.2, 0) is 0 Å². The average molecular weight is 240 g/mol. The van der Waals surface area contributed by atoms with Crippen molar-refractivity contribution >= 4 is 16.9 Å². The van der Waals surface area contributed by atoms with Gasteiger partial charge < -0.3 is 15.2 Å². The molecule has 1 aromatic rings. The van der Waals surface area contributed by atoms with E-state index >= 15 is 0 Å². The van der Waals surface area contributed by atoms with Crippen molar-refractivity contribution in [2.75, 3.05) is 19.0 Å². The van der Waals surface area contributed by atoms with Crippen molar-refractivity contribution < 1.29 is 9.47 Å². The Morgan fingerprint density at radius 3 is 2.50 bits per heavy atom. The summed E-state index contributed by atoms with van der Waals surface area (Å²) in [6.45, 7) is 3.05. The van der Waals surface area contributed by atoms with Crippen molar-refractivity contribution in [2.24, 2.45) is 5.73 Å². The summed E-state index contributed by atoms with van der Waals surface area (Å²) in [6.07, 6.45) is 0. The Balaban J connectivity index is 2.43. The van der Waals surface area contributed by atoms with Gasteiger partial charge in [-0.2, -0.15) is 0 Å². The van der Waals surface area contributed by atoms with Crippen molar-refractivity contribution in [1.29, 1.82) is 5.41 Å². The van der Waals surface area contributed by atoms with Gasteiger partial charge in [-0.05, 0) is 19.1 Å². The number of hydrogen-bond acceptors (Lipinski definition) is 4. The third-order valence-corrected chi connectivity index (χ3v) is 2.43. The van der Waals surface area contributed by atoms with Crippen molar-refractivity contribution in [3.8, 4) is 11.5 Å². The highest BCUT2D eigenvalue weighted by Gasteiger charge is 2.02. The number of para-hydroxylation sites is 2. The molecule has 0 bridgehead atoms. The summed E-state index contributed by atoms with van der Waals surface area (Å²) in [6, 6.07) is 7.54. The van der Waals surface area contributed by atoms with Crippen molar-refractivity contribution in [3.05, 3.63) is 24.3 Å². The molecule has 0 aliphatic heterocycles. The van der Waals surface area contributed by atoms with Gasteiger partial charge in [-0.25, -0.2) is 0 Å². The molecule has 0 spiro atoms. The Labute approximate surface area is 99.6 Å². The van der Waals surface area contributed by atoms with Gasteiger partial charge in [0.25, 0.3) is 0 Å². The molecule has 88 valence electrons. The molecule has 4 nitrogen and oxygen atoms in total. The summed E-state index contributed by atoms with van der Waals surface area (Å²) >= 11 is 1.27. The molecule has 16 heavy (non-hydrogen) atoms. The van der Waals surface area contributed by atoms with Crippen molar-refractivity contribution in [3.63, 3.8) is 0 Å². The van der Waals surface area contributed by atoms with Gasteiger partial charge in [0.2, 0.25) is 0 Å². The van der Waals surface area contributed by atoms with Crippen LogP contribution in [0.15, 0.2) is 24.3 Å². The third-order valence-electron chi connectivity index (χ3n) is 1.75. The Morgan fingerprint density at radius 2 is 1.94 bits per heavy atom. The van der Waals surface area contributed by atoms with E-state index in [-0.39, 0.29) is 5.17 Å². The van der Waals surface area contributed by atoms with Crippen LogP contribution in [0.5, 0.6) is 11.5 Å². The second kappa shape index (κ2) is 7.00. The lowest BCUT2D eigenvalue weighted by Gasteiger charge is -2.10. The molecule has 0 saturated carbocycles. The first kappa shape index (κ1) is 12.7. The lowest BCUT2D eigenvalue weighted by atomic mass is 10.3. The molecule has 0 fully saturated rings. The summed E-state index contributed by atoms with van der Waals surface area (Å²) in [4.78, 5) is 0. The summed E-state index contributed by atoms with van der Waals surface area (Å²) in [5.41, 5.74) is 5.22. The van der Waals surface area contributed by atoms with Gasteiger partial charge in [-0.3, -0.25) is 5.41 Å². The van der Waals surface area contributed by atoms with E-state index in [0.717, 1.165) is 11.5 Å². The summed E-state index contributed by atoms with van der Waals surface area (Å²) in [5.74, 6) is 2.14. The molecular weight excluding hydrogens is 224 g/mol. The molecule has 5 heteroatoms. The van der Waals surface area contributed by atoms with Crippen LogP contribution in [0.1, 0.15) is 6.92 Å². The minimum atomic E-state index is 0.113. The summed E-state index contributed by atoms with van der Waals surface area (Å²) < 4.78 is 11.0. The first-order valence-corrected chi connectivity index (χ1v) is 6.04.